The molecular formula is C13H18N2O2. The Kier molecular flexibility index (Phi) is 3.98. The predicted molar refractivity (Wildman–Crippen MR) is 65.9 cm³/mol. The zero-order valence-electron chi connectivity index (χ0n) is 10.0. The molecule has 1 aromatic rings. The fourth-order valence-electron chi connectivity index (χ4n) is 1.62. The number of amides is 1. The van der Waals surface area contributed by atoms with Crippen molar-refractivity contribution in [3.05, 3.63) is 29.8 Å². The molecule has 0 radical (unpaired) electrons. The van der Waals surface area contributed by atoms with Gasteiger partial charge in [-0.15, -0.1) is 0 Å². The number of hydrogen-bond acceptors (Lipinski definition) is 3. The molecule has 4 nitrogen and oxygen atoms in total. The van der Waals surface area contributed by atoms with Crippen LogP contribution in [0.15, 0.2) is 24.3 Å². The maximum Gasteiger partial charge on any atom is 0.258 e. The molecule has 0 atom stereocenters. The summed E-state index contributed by atoms with van der Waals surface area (Å²) in [7, 11) is 1.89. The summed E-state index contributed by atoms with van der Waals surface area (Å²) in [6.45, 7) is 0.831. The van der Waals surface area contributed by atoms with Crippen LogP contribution in [0.3, 0.4) is 0 Å². The minimum Gasteiger partial charge on any atom is -0.483 e. The van der Waals surface area contributed by atoms with E-state index in [-0.39, 0.29) is 12.5 Å². The lowest BCUT2D eigenvalue weighted by Gasteiger charge is -2.10. The van der Waals surface area contributed by atoms with Gasteiger partial charge in [0.1, 0.15) is 5.75 Å². The number of rotatable bonds is 6. The molecule has 17 heavy (non-hydrogen) atoms. The van der Waals surface area contributed by atoms with Crippen molar-refractivity contribution in [2.45, 2.75) is 25.4 Å². The highest BCUT2D eigenvalue weighted by atomic mass is 16.5. The fraction of sp³-hybridized carbons (Fsp3) is 0.462. The number of benzene rings is 1. The first kappa shape index (κ1) is 11.9. The summed E-state index contributed by atoms with van der Waals surface area (Å²) in [6.07, 6.45) is 2.20. The molecule has 0 heterocycles. The minimum absolute atomic E-state index is 0.0354. The first-order valence-corrected chi connectivity index (χ1v) is 5.94. The summed E-state index contributed by atoms with van der Waals surface area (Å²) in [5.74, 6) is 0.736. The van der Waals surface area contributed by atoms with E-state index >= 15 is 0 Å². The average Bonchev–Trinajstić information content (AvgIpc) is 3.12. The Morgan fingerprint density at radius 3 is 2.88 bits per heavy atom. The van der Waals surface area contributed by atoms with Gasteiger partial charge in [-0.25, -0.2) is 0 Å². The van der Waals surface area contributed by atoms with E-state index in [1.807, 2.05) is 31.3 Å². The second kappa shape index (κ2) is 5.68. The van der Waals surface area contributed by atoms with Crippen molar-refractivity contribution in [3.8, 4) is 5.75 Å². The molecule has 0 unspecified atom stereocenters. The van der Waals surface area contributed by atoms with Crippen molar-refractivity contribution in [2.75, 3.05) is 13.7 Å². The third-order valence-electron chi connectivity index (χ3n) is 2.64. The highest BCUT2D eigenvalue weighted by Gasteiger charge is 2.23. The molecule has 0 saturated heterocycles. The van der Waals surface area contributed by atoms with Gasteiger partial charge in [-0.2, -0.15) is 0 Å². The summed E-state index contributed by atoms with van der Waals surface area (Å²) >= 11 is 0. The Bertz CT molecular complexity index is 389. The number of para-hydroxylation sites is 1. The standard InChI is InChI=1S/C13H18N2O2/c1-14-8-10-4-2-3-5-12(10)17-9-13(16)15-11-6-7-11/h2-5,11,14H,6-9H2,1H3,(H,15,16). The van der Waals surface area contributed by atoms with Gasteiger partial charge in [0, 0.05) is 18.2 Å². The van der Waals surface area contributed by atoms with Gasteiger partial charge < -0.3 is 15.4 Å². The Hall–Kier alpha value is -1.55. The van der Waals surface area contributed by atoms with Crippen LogP contribution in [-0.2, 0) is 11.3 Å². The largest absolute Gasteiger partial charge is 0.483 e. The number of nitrogens with one attached hydrogen (secondary N) is 2. The first-order chi connectivity index (χ1) is 8.29. The molecule has 1 fully saturated rings. The van der Waals surface area contributed by atoms with Crippen molar-refractivity contribution in [1.82, 2.24) is 10.6 Å². The summed E-state index contributed by atoms with van der Waals surface area (Å²) in [6, 6.07) is 8.14. The molecule has 0 spiro atoms. The maximum atomic E-state index is 11.5. The molecule has 1 amide bonds. The van der Waals surface area contributed by atoms with Crippen LogP contribution < -0.4 is 15.4 Å². The van der Waals surface area contributed by atoms with Crippen molar-refractivity contribution in [3.63, 3.8) is 0 Å². The van der Waals surface area contributed by atoms with E-state index < -0.39 is 0 Å². The van der Waals surface area contributed by atoms with E-state index in [1.54, 1.807) is 0 Å². The number of carbonyl (C=O) groups excluding carboxylic acids is 1. The van der Waals surface area contributed by atoms with Gasteiger partial charge in [-0.3, -0.25) is 4.79 Å². The topological polar surface area (TPSA) is 50.4 Å². The van der Waals surface area contributed by atoms with Crippen LogP contribution in [0.5, 0.6) is 5.75 Å². The van der Waals surface area contributed by atoms with E-state index in [0.717, 1.165) is 30.7 Å². The minimum atomic E-state index is -0.0354. The van der Waals surface area contributed by atoms with E-state index in [0.29, 0.717) is 6.04 Å². The average molecular weight is 234 g/mol. The third kappa shape index (κ3) is 3.75. The number of hydrogen-bond donors (Lipinski definition) is 2. The lowest BCUT2D eigenvalue weighted by molar-refractivity contribution is -0.123. The fourth-order valence-corrected chi connectivity index (χ4v) is 1.62. The van der Waals surface area contributed by atoms with E-state index in [2.05, 4.69) is 10.6 Å². The zero-order chi connectivity index (χ0) is 12.1. The van der Waals surface area contributed by atoms with E-state index in [4.69, 9.17) is 4.74 Å². The van der Waals surface area contributed by atoms with Gasteiger partial charge in [0.05, 0.1) is 0 Å². The van der Waals surface area contributed by atoms with Gasteiger partial charge in [-0.1, -0.05) is 18.2 Å². The molecule has 1 aliphatic carbocycles. The normalized spacial score (nSPS) is 14.4. The lowest BCUT2D eigenvalue weighted by atomic mass is 10.2. The molecule has 2 N–H and O–H groups in total. The number of carbonyl (C=O) groups is 1. The molecule has 92 valence electrons. The maximum absolute atomic E-state index is 11.5. The van der Waals surface area contributed by atoms with Crippen LogP contribution in [0.2, 0.25) is 0 Å². The number of ether oxygens (including phenoxy) is 1. The van der Waals surface area contributed by atoms with Crippen LogP contribution in [0.4, 0.5) is 0 Å². The van der Waals surface area contributed by atoms with Crippen molar-refractivity contribution in [1.29, 1.82) is 0 Å². The van der Waals surface area contributed by atoms with Gasteiger partial charge in [-0.05, 0) is 26.0 Å². The molecule has 0 aromatic heterocycles. The molecule has 2 rings (SSSR count). The summed E-state index contributed by atoms with van der Waals surface area (Å²) in [5, 5.41) is 5.97. The highest BCUT2D eigenvalue weighted by Crippen LogP contribution is 2.19. The van der Waals surface area contributed by atoms with Gasteiger partial charge in [0.2, 0.25) is 0 Å². The second-order valence-electron chi connectivity index (χ2n) is 4.27. The highest BCUT2D eigenvalue weighted by molar-refractivity contribution is 5.78. The van der Waals surface area contributed by atoms with Crippen LogP contribution in [0.25, 0.3) is 0 Å². The third-order valence-corrected chi connectivity index (χ3v) is 2.64. The smallest absolute Gasteiger partial charge is 0.258 e. The molecule has 1 aromatic carbocycles. The SMILES string of the molecule is CNCc1ccccc1OCC(=O)NC1CC1. The summed E-state index contributed by atoms with van der Waals surface area (Å²) in [5.41, 5.74) is 1.06. The lowest BCUT2D eigenvalue weighted by Crippen LogP contribution is -2.30. The van der Waals surface area contributed by atoms with Crippen LogP contribution in [0.1, 0.15) is 18.4 Å². The van der Waals surface area contributed by atoms with Crippen molar-refractivity contribution >= 4 is 5.91 Å². The van der Waals surface area contributed by atoms with E-state index in [9.17, 15) is 4.79 Å². The van der Waals surface area contributed by atoms with E-state index in [1.165, 1.54) is 0 Å². The second-order valence-corrected chi connectivity index (χ2v) is 4.27. The van der Waals surface area contributed by atoms with Crippen LogP contribution in [-0.4, -0.2) is 25.6 Å². The van der Waals surface area contributed by atoms with Gasteiger partial charge in [0.25, 0.3) is 5.91 Å². The van der Waals surface area contributed by atoms with Crippen LogP contribution in [0, 0.1) is 0 Å². The molecule has 1 aliphatic rings. The van der Waals surface area contributed by atoms with Crippen molar-refractivity contribution < 1.29 is 9.53 Å². The van der Waals surface area contributed by atoms with Crippen LogP contribution >= 0.6 is 0 Å². The van der Waals surface area contributed by atoms with Crippen molar-refractivity contribution in [2.24, 2.45) is 0 Å². The summed E-state index contributed by atoms with van der Waals surface area (Å²) < 4.78 is 5.53. The molecule has 1 saturated carbocycles. The molecular weight excluding hydrogens is 216 g/mol. The quantitative estimate of drug-likeness (QED) is 0.774. The zero-order valence-corrected chi connectivity index (χ0v) is 10.0. The molecule has 4 heteroatoms. The molecule has 0 bridgehead atoms. The Labute approximate surface area is 101 Å². The van der Waals surface area contributed by atoms with Gasteiger partial charge >= 0.3 is 0 Å². The first-order valence-electron chi connectivity index (χ1n) is 5.94. The monoisotopic (exact) mass is 234 g/mol. The summed E-state index contributed by atoms with van der Waals surface area (Å²) in [4.78, 5) is 11.5. The Balaban J connectivity index is 1.86. The Morgan fingerprint density at radius 1 is 1.41 bits per heavy atom. The van der Waals surface area contributed by atoms with Gasteiger partial charge in [0.15, 0.2) is 6.61 Å². The Morgan fingerprint density at radius 2 is 2.18 bits per heavy atom. The molecule has 0 aliphatic heterocycles. The predicted octanol–water partition coefficient (Wildman–Crippen LogP) is 1.06.